The summed E-state index contributed by atoms with van der Waals surface area (Å²) >= 11 is 0. The minimum absolute atomic E-state index is 0.0969. The molecule has 1 rings (SSSR count). The van der Waals surface area contributed by atoms with Crippen LogP contribution < -0.4 is 0 Å². The first kappa shape index (κ1) is 38.4. The number of hydrogen-bond acceptors (Lipinski definition) is 6. The average Bonchev–Trinajstić information content (AvgIpc) is 2.92. The molecule has 0 aliphatic heterocycles. The van der Waals surface area contributed by atoms with Gasteiger partial charge in [-0.2, -0.15) is 0 Å². The third kappa shape index (κ3) is 22.0. The standard InChI is InChI=1S/C36H66O6/c1-28(2)13-7-10-22-40-34(37)19-16-31-25-32(17-20-35(38)41-23-11-8-14-29(3)4)27-33(26-31)18-21-36(39)42-24-12-9-15-30(5)6/h28-33H,7-27H2,1-6H3. The predicted octanol–water partition coefficient (Wildman–Crippen LogP) is 9.47. The largest absolute Gasteiger partial charge is 0.466 e. The lowest BCUT2D eigenvalue weighted by atomic mass is 9.71. The summed E-state index contributed by atoms with van der Waals surface area (Å²) in [7, 11) is 0. The monoisotopic (exact) mass is 594 g/mol. The molecule has 0 aromatic carbocycles. The lowest BCUT2D eigenvalue weighted by Gasteiger charge is -2.35. The molecule has 0 aromatic rings. The Labute approximate surface area is 258 Å². The van der Waals surface area contributed by atoms with Gasteiger partial charge in [0.1, 0.15) is 0 Å². The van der Waals surface area contributed by atoms with Gasteiger partial charge < -0.3 is 14.2 Å². The van der Waals surface area contributed by atoms with E-state index >= 15 is 0 Å². The highest BCUT2D eigenvalue weighted by Gasteiger charge is 2.30. The molecule has 0 bridgehead atoms. The highest BCUT2D eigenvalue weighted by Crippen LogP contribution is 2.40. The summed E-state index contributed by atoms with van der Waals surface area (Å²) in [6.45, 7) is 14.8. The van der Waals surface area contributed by atoms with Crippen LogP contribution >= 0.6 is 0 Å². The molecule has 42 heavy (non-hydrogen) atoms. The molecule has 0 N–H and O–H groups in total. The highest BCUT2D eigenvalue weighted by atomic mass is 16.5. The van der Waals surface area contributed by atoms with Crippen molar-refractivity contribution in [2.45, 2.75) is 157 Å². The summed E-state index contributed by atoms with van der Waals surface area (Å²) in [6, 6.07) is 0. The van der Waals surface area contributed by atoms with Crippen LogP contribution in [0.4, 0.5) is 0 Å². The van der Waals surface area contributed by atoms with Crippen LogP contribution in [0.5, 0.6) is 0 Å². The minimum Gasteiger partial charge on any atom is -0.466 e. The number of hydrogen-bond donors (Lipinski definition) is 0. The molecule has 246 valence electrons. The lowest BCUT2D eigenvalue weighted by molar-refractivity contribution is -0.144. The first-order valence-corrected chi connectivity index (χ1v) is 17.5. The Hall–Kier alpha value is -1.59. The van der Waals surface area contributed by atoms with Crippen LogP contribution in [0, 0.1) is 35.5 Å². The fraction of sp³-hybridized carbons (Fsp3) is 0.917. The Balaban J connectivity index is 2.49. The van der Waals surface area contributed by atoms with Gasteiger partial charge in [-0.25, -0.2) is 0 Å². The van der Waals surface area contributed by atoms with Crippen molar-refractivity contribution in [2.24, 2.45) is 35.5 Å². The Kier molecular flexibility index (Phi) is 21.8. The number of esters is 3. The average molecular weight is 595 g/mol. The smallest absolute Gasteiger partial charge is 0.305 e. The van der Waals surface area contributed by atoms with E-state index in [4.69, 9.17) is 14.2 Å². The van der Waals surface area contributed by atoms with Gasteiger partial charge in [0.15, 0.2) is 0 Å². The van der Waals surface area contributed by atoms with Crippen LogP contribution in [-0.4, -0.2) is 37.7 Å². The number of ether oxygens (including phenoxy) is 3. The topological polar surface area (TPSA) is 78.9 Å². The first-order valence-electron chi connectivity index (χ1n) is 17.5. The minimum atomic E-state index is -0.0969. The highest BCUT2D eigenvalue weighted by molar-refractivity contribution is 5.70. The Bertz CT molecular complexity index is 615. The Morgan fingerprint density at radius 2 is 0.738 bits per heavy atom. The van der Waals surface area contributed by atoms with Gasteiger partial charge in [-0.3, -0.25) is 14.4 Å². The van der Waals surface area contributed by atoms with Crippen molar-refractivity contribution in [3.05, 3.63) is 0 Å². The van der Waals surface area contributed by atoms with Crippen molar-refractivity contribution in [1.82, 2.24) is 0 Å². The van der Waals surface area contributed by atoms with Crippen LogP contribution in [0.25, 0.3) is 0 Å². The van der Waals surface area contributed by atoms with Gasteiger partial charge in [0, 0.05) is 19.3 Å². The zero-order valence-corrected chi connectivity index (χ0v) is 28.3. The molecule has 0 unspecified atom stereocenters. The fourth-order valence-electron chi connectivity index (χ4n) is 6.11. The zero-order chi connectivity index (χ0) is 31.2. The molecule has 1 aliphatic rings. The van der Waals surface area contributed by atoms with Crippen molar-refractivity contribution < 1.29 is 28.6 Å². The summed E-state index contributed by atoms with van der Waals surface area (Å²) in [4.78, 5) is 37.2. The van der Waals surface area contributed by atoms with Crippen molar-refractivity contribution in [2.75, 3.05) is 19.8 Å². The van der Waals surface area contributed by atoms with E-state index in [1.165, 1.54) is 19.3 Å². The second-order valence-corrected chi connectivity index (χ2v) is 14.3. The molecule has 1 saturated carbocycles. The summed E-state index contributed by atoms with van der Waals surface area (Å²) in [5.74, 6) is 3.01. The molecular formula is C36H66O6. The quantitative estimate of drug-likeness (QED) is 0.0629. The first-order chi connectivity index (χ1) is 20.0. The van der Waals surface area contributed by atoms with Crippen molar-refractivity contribution in [1.29, 1.82) is 0 Å². The Morgan fingerprint density at radius 3 is 0.976 bits per heavy atom. The van der Waals surface area contributed by atoms with Gasteiger partial charge in [-0.1, -0.05) is 60.8 Å². The van der Waals surface area contributed by atoms with Crippen molar-refractivity contribution in [3.8, 4) is 0 Å². The maximum atomic E-state index is 12.4. The number of carbonyl (C=O) groups is 3. The Morgan fingerprint density at radius 1 is 0.476 bits per heavy atom. The molecule has 0 radical (unpaired) electrons. The third-order valence-corrected chi connectivity index (χ3v) is 8.59. The lowest BCUT2D eigenvalue weighted by Crippen LogP contribution is -2.25. The molecule has 0 saturated heterocycles. The van der Waals surface area contributed by atoms with Crippen LogP contribution in [0.15, 0.2) is 0 Å². The summed E-state index contributed by atoms with van der Waals surface area (Å²) in [6.07, 6.45) is 16.5. The summed E-state index contributed by atoms with van der Waals surface area (Å²) in [5, 5.41) is 0. The van der Waals surface area contributed by atoms with Gasteiger partial charge in [-0.05, 0) is 113 Å². The van der Waals surface area contributed by atoms with E-state index in [1.807, 2.05) is 0 Å². The SMILES string of the molecule is CC(C)CCCCOC(=O)CCC1CC(CCC(=O)OCCCCC(C)C)CC(CCC(=O)OCCCCC(C)C)C1. The van der Waals surface area contributed by atoms with E-state index in [0.717, 1.165) is 77.0 Å². The van der Waals surface area contributed by atoms with Crippen molar-refractivity contribution in [3.63, 3.8) is 0 Å². The third-order valence-electron chi connectivity index (χ3n) is 8.59. The molecule has 0 amide bonds. The molecule has 6 heteroatoms. The second kappa shape index (κ2) is 23.8. The van der Waals surface area contributed by atoms with E-state index in [1.54, 1.807) is 0 Å². The summed E-state index contributed by atoms with van der Waals surface area (Å²) in [5.41, 5.74) is 0. The van der Waals surface area contributed by atoms with Gasteiger partial charge in [0.2, 0.25) is 0 Å². The molecular weight excluding hydrogens is 528 g/mol. The molecule has 0 aromatic heterocycles. The van der Waals surface area contributed by atoms with Gasteiger partial charge in [0.25, 0.3) is 0 Å². The van der Waals surface area contributed by atoms with Gasteiger partial charge in [-0.15, -0.1) is 0 Å². The summed E-state index contributed by atoms with van der Waals surface area (Å²) < 4.78 is 16.5. The molecule has 0 atom stereocenters. The van der Waals surface area contributed by atoms with Crippen LogP contribution in [0.3, 0.4) is 0 Å². The zero-order valence-electron chi connectivity index (χ0n) is 28.3. The molecule has 0 heterocycles. The van der Waals surface area contributed by atoms with Crippen LogP contribution in [0.1, 0.15) is 157 Å². The van der Waals surface area contributed by atoms with E-state index < -0.39 is 0 Å². The van der Waals surface area contributed by atoms with Crippen LogP contribution in [-0.2, 0) is 28.6 Å². The fourth-order valence-corrected chi connectivity index (χ4v) is 6.11. The normalized spacial score (nSPS) is 18.9. The van der Waals surface area contributed by atoms with Crippen LogP contribution in [0.2, 0.25) is 0 Å². The maximum Gasteiger partial charge on any atom is 0.305 e. The van der Waals surface area contributed by atoms with E-state index in [0.29, 0.717) is 74.6 Å². The van der Waals surface area contributed by atoms with E-state index in [-0.39, 0.29) is 17.9 Å². The van der Waals surface area contributed by atoms with E-state index in [9.17, 15) is 14.4 Å². The predicted molar refractivity (Wildman–Crippen MR) is 171 cm³/mol. The second-order valence-electron chi connectivity index (χ2n) is 14.3. The van der Waals surface area contributed by atoms with Gasteiger partial charge in [0.05, 0.1) is 19.8 Å². The van der Waals surface area contributed by atoms with E-state index in [2.05, 4.69) is 41.5 Å². The molecule has 0 spiro atoms. The number of carbonyl (C=O) groups excluding carboxylic acids is 3. The molecule has 6 nitrogen and oxygen atoms in total. The number of rotatable bonds is 24. The van der Waals surface area contributed by atoms with Crippen molar-refractivity contribution >= 4 is 17.9 Å². The number of unbranched alkanes of at least 4 members (excludes halogenated alkanes) is 3. The van der Waals surface area contributed by atoms with Gasteiger partial charge >= 0.3 is 17.9 Å². The maximum absolute atomic E-state index is 12.4. The molecule has 1 fully saturated rings. The molecule has 1 aliphatic carbocycles.